The van der Waals surface area contributed by atoms with Crippen molar-refractivity contribution in [3.8, 4) is 0 Å². The molecule has 2 N–H and O–H groups in total. The van der Waals surface area contributed by atoms with Crippen LogP contribution in [0.5, 0.6) is 0 Å². The van der Waals surface area contributed by atoms with E-state index in [1.165, 1.54) is 12.1 Å². The fraction of sp³-hybridized carbons (Fsp3) is 0.211. The molecule has 0 spiro atoms. The topological polar surface area (TPSA) is 74.8 Å². The molecule has 0 aliphatic rings. The summed E-state index contributed by atoms with van der Waals surface area (Å²) in [7, 11) is 0. The van der Waals surface area contributed by atoms with Crippen molar-refractivity contribution in [2.24, 2.45) is 0 Å². The quantitative estimate of drug-likeness (QED) is 0.749. The predicted octanol–water partition coefficient (Wildman–Crippen LogP) is 3.33. The molecule has 1 amide bonds. The highest BCUT2D eigenvalue weighted by atomic mass is 19.1. The summed E-state index contributed by atoms with van der Waals surface area (Å²) in [5, 5.41) is 3.25. The maximum Gasteiger partial charge on any atom is 0.258 e. The van der Waals surface area contributed by atoms with Gasteiger partial charge in [-0.25, -0.2) is 9.37 Å². The normalized spacial score (nSPS) is 10.8. The van der Waals surface area contributed by atoms with Crippen LogP contribution in [0.25, 0.3) is 10.9 Å². The monoisotopic (exact) mass is 339 g/mol. The minimum Gasteiger partial charge on any atom is -0.326 e. The first-order chi connectivity index (χ1) is 12.0. The fourth-order valence-electron chi connectivity index (χ4n) is 2.61. The van der Waals surface area contributed by atoms with Crippen molar-refractivity contribution < 1.29 is 9.18 Å². The van der Waals surface area contributed by atoms with E-state index in [9.17, 15) is 14.0 Å². The van der Waals surface area contributed by atoms with Crippen LogP contribution in [0, 0.1) is 12.7 Å². The Morgan fingerprint density at radius 1 is 1.24 bits per heavy atom. The molecule has 0 atom stereocenters. The van der Waals surface area contributed by atoms with Crippen LogP contribution < -0.4 is 10.9 Å². The van der Waals surface area contributed by atoms with Crippen molar-refractivity contribution in [1.29, 1.82) is 0 Å². The minimum absolute atomic E-state index is 0.180. The van der Waals surface area contributed by atoms with Crippen LogP contribution >= 0.6 is 0 Å². The van der Waals surface area contributed by atoms with E-state index in [1.54, 1.807) is 31.2 Å². The van der Waals surface area contributed by atoms with E-state index in [2.05, 4.69) is 15.3 Å². The Morgan fingerprint density at radius 3 is 2.88 bits per heavy atom. The molecule has 5 nitrogen and oxygen atoms in total. The molecule has 0 unspecified atom stereocenters. The van der Waals surface area contributed by atoms with Gasteiger partial charge >= 0.3 is 0 Å². The third kappa shape index (κ3) is 4.09. The lowest BCUT2D eigenvalue weighted by molar-refractivity contribution is -0.116. The molecular formula is C19H18FN3O2. The molecule has 0 radical (unpaired) electrons. The molecule has 2 aromatic carbocycles. The summed E-state index contributed by atoms with van der Waals surface area (Å²) in [6.07, 6.45) is 1.27. The van der Waals surface area contributed by atoms with Crippen LogP contribution in [-0.4, -0.2) is 15.9 Å². The van der Waals surface area contributed by atoms with Gasteiger partial charge in [0.15, 0.2) is 0 Å². The van der Waals surface area contributed by atoms with E-state index in [0.29, 0.717) is 35.3 Å². The van der Waals surface area contributed by atoms with Gasteiger partial charge in [0.25, 0.3) is 5.56 Å². The highest BCUT2D eigenvalue weighted by molar-refractivity contribution is 5.91. The molecule has 0 fully saturated rings. The number of rotatable bonds is 5. The summed E-state index contributed by atoms with van der Waals surface area (Å²) in [4.78, 5) is 31.2. The van der Waals surface area contributed by atoms with Gasteiger partial charge in [0.2, 0.25) is 5.91 Å². The SMILES string of the molecule is Cc1ccc(F)cc1NC(=O)CCCc1nc2ccccc2c(=O)[nH]1. The Hall–Kier alpha value is -3.02. The number of halogens is 1. The number of carbonyl (C=O) groups is 1. The first-order valence-electron chi connectivity index (χ1n) is 8.07. The van der Waals surface area contributed by atoms with Crippen molar-refractivity contribution in [2.75, 3.05) is 5.32 Å². The maximum atomic E-state index is 13.2. The first kappa shape index (κ1) is 16.8. The van der Waals surface area contributed by atoms with Crippen molar-refractivity contribution in [1.82, 2.24) is 9.97 Å². The van der Waals surface area contributed by atoms with Gasteiger partial charge < -0.3 is 10.3 Å². The Morgan fingerprint density at radius 2 is 2.04 bits per heavy atom. The molecule has 0 saturated heterocycles. The predicted molar refractivity (Wildman–Crippen MR) is 95.1 cm³/mol. The zero-order chi connectivity index (χ0) is 17.8. The maximum absolute atomic E-state index is 13.2. The second-order valence-electron chi connectivity index (χ2n) is 5.89. The number of aromatic amines is 1. The number of carbonyl (C=O) groups excluding carboxylic acids is 1. The molecule has 3 aromatic rings. The van der Waals surface area contributed by atoms with E-state index >= 15 is 0 Å². The van der Waals surface area contributed by atoms with Crippen LogP contribution in [0.3, 0.4) is 0 Å². The molecule has 0 aliphatic carbocycles. The van der Waals surface area contributed by atoms with Crippen molar-refractivity contribution in [3.05, 3.63) is 70.0 Å². The summed E-state index contributed by atoms with van der Waals surface area (Å²) < 4.78 is 13.2. The number of nitrogens with zero attached hydrogens (tertiary/aromatic N) is 1. The lowest BCUT2D eigenvalue weighted by Gasteiger charge is -2.08. The number of benzene rings is 2. The van der Waals surface area contributed by atoms with Crippen LogP contribution in [0.2, 0.25) is 0 Å². The highest BCUT2D eigenvalue weighted by Gasteiger charge is 2.08. The number of hydrogen-bond acceptors (Lipinski definition) is 3. The van der Waals surface area contributed by atoms with Gasteiger partial charge in [-0.3, -0.25) is 9.59 Å². The average Bonchev–Trinajstić information content (AvgIpc) is 2.58. The molecular weight excluding hydrogens is 321 g/mol. The van der Waals surface area contributed by atoms with Crippen LogP contribution in [0.4, 0.5) is 10.1 Å². The average molecular weight is 339 g/mol. The lowest BCUT2D eigenvalue weighted by Crippen LogP contribution is -2.14. The van der Waals surface area contributed by atoms with Crippen LogP contribution in [0.1, 0.15) is 24.2 Å². The van der Waals surface area contributed by atoms with Gasteiger partial charge in [-0.15, -0.1) is 0 Å². The molecule has 6 heteroatoms. The molecule has 3 rings (SSSR count). The van der Waals surface area contributed by atoms with Gasteiger partial charge in [0.1, 0.15) is 11.6 Å². The second-order valence-corrected chi connectivity index (χ2v) is 5.89. The summed E-state index contributed by atoms with van der Waals surface area (Å²) in [6, 6.07) is 11.4. The van der Waals surface area contributed by atoms with E-state index in [-0.39, 0.29) is 23.7 Å². The number of nitrogens with one attached hydrogen (secondary N) is 2. The van der Waals surface area contributed by atoms with Gasteiger partial charge in [0.05, 0.1) is 10.9 Å². The fourth-order valence-corrected chi connectivity index (χ4v) is 2.61. The van der Waals surface area contributed by atoms with Gasteiger partial charge in [-0.05, 0) is 43.2 Å². The number of anilines is 1. The summed E-state index contributed by atoms with van der Waals surface area (Å²) >= 11 is 0. The standard InChI is InChI=1S/C19H18FN3O2/c1-12-9-10-13(20)11-16(12)22-18(24)8-4-7-17-21-15-6-3-2-5-14(15)19(25)23-17/h2-3,5-6,9-11H,4,7-8H2,1H3,(H,22,24)(H,21,23,25). The smallest absolute Gasteiger partial charge is 0.258 e. The van der Waals surface area contributed by atoms with Gasteiger partial charge in [-0.2, -0.15) is 0 Å². The number of amides is 1. The zero-order valence-corrected chi connectivity index (χ0v) is 13.8. The lowest BCUT2D eigenvalue weighted by atomic mass is 10.1. The Balaban J connectivity index is 1.60. The first-order valence-corrected chi connectivity index (χ1v) is 8.07. The largest absolute Gasteiger partial charge is 0.326 e. The van der Waals surface area contributed by atoms with E-state index in [0.717, 1.165) is 5.56 Å². The second kappa shape index (κ2) is 7.25. The molecule has 1 aromatic heterocycles. The number of para-hydroxylation sites is 1. The van der Waals surface area contributed by atoms with Gasteiger partial charge in [0, 0.05) is 18.5 Å². The van der Waals surface area contributed by atoms with Crippen molar-refractivity contribution >= 4 is 22.5 Å². The third-order valence-electron chi connectivity index (χ3n) is 3.95. The number of H-pyrrole nitrogens is 1. The Bertz CT molecular complexity index is 982. The molecule has 0 saturated carbocycles. The summed E-state index contributed by atoms with van der Waals surface area (Å²) in [5.41, 5.74) is 1.74. The highest BCUT2D eigenvalue weighted by Crippen LogP contribution is 2.16. The van der Waals surface area contributed by atoms with E-state index < -0.39 is 0 Å². The zero-order valence-electron chi connectivity index (χ0n) is 13.8. The Kier molecular flexibility index (Phi) is 4.88. The third-order valence-corrected chi connectivity index (χ3v) is 3.95. The van der Waals surface area contributed by atoms with Gasteiger partial charge in [-0.1, -0.05) is 18.2 Å². The molecule has 128 valence electrons. The summed E-state index contributed by atoms with van der Waals surface area (Å²) in [6.45, 7) is 1.80. The van der Waals surface area contributed by atoms with E-state index in [1.807, 2.05) is 6.07 Å². The van der Waals surface area contributed by atoms with Crippen molar-refractivity contribution in [2.45, 2.75) is 26.2 Å². The van der Waals surface area contributed by atoms with Crippen LogP contribution in [0.15, 0.2) is 47.3 Å². The van der Waals surface area contributed by atoms with Crippen molar-refractivity contribution in [3.63, 3.8) is 0 Å². The number of aromatic nitrogens is 2. The Labute approximate surface area is 143 Å². The summed E-state index contributed by atoms with van der Waals surface area (Å²) in [5.74, 6) is -0.0332. The van der Waals surface area contributed by atoms with E-state index in [4.69, 9.17) is 0 Å². The molecule has 25 heavy (non-hydrogen) atoms. The molecule has 0 bridgehead atoms. The molecule has 1 heterocycles. The minimum atomic E-state index is -0.390. The number of hydrogen-bond donors (Lipinski definition) is 2. The number of fused-ring (bicyclic) bond motifs is 1. The number of aryl methyl sites for hydroxylation is 2. The molecule has 0 aliphatic heterocycles. The van der Waals surface area contributed by atoms with Crippen LogP contribution in [-0.2, 0) is 11.2 Å².